The minimum absolute atomic E-state index is 0.115. The molecule has 3 aromatic rings. The maximum Gasteiger partial charge on any atom is 0.282 e. The molecule has 8 nitrogen and oxygen atoms in total. The Morgan fingerprint density at radius 2 is 1.32 bits per heavy atom. The van der Waals surface area contributed by atoms with Crippen LogP contribution in [0.5, 0.6) is 23.0 Å². The van der Waals surface area contributed by atoms with E-state index < -0.39 is 11.8 Å². The lowest BCUT2D eigenvalue weighted by Gasteiger charge is -2.19. The first-order valence-electron chi connectivity index (χ1n) is 10.4. The predicted molar refractivity (Wildman–Crippen MR) is 129 cm³/mol. The molecule has 174 valence electrons. The molecule has 1 aliphatic rings. The van der Waals surface area contributed by atoms with Gasteiger partial charge in [-0.25, -0.2) is 4.90 Å². The fourth-order valence-corrected chi connectivity index (χ4v) is 3.75. The van der Waals surface area contributed by atoms with Gasteiger partial charge in [0.1, 0.15) is 28.7 Å². The highest BCUT2D eigenvalue weighted by molar-refractivity contribution is 6.46. The van der Waals surface area contributed by atoms with Crippen molar-refractivity contribution in [2.45, 2.75) is 0 Å². The van der Waals surface area contributed by atoms with Crippen LogP contribution < -0.4 is 29.2 Å². The Bertz CT molecular complexity index is 1270. The number of hydrogen-bond acceptors (Lipinski definition) is 7. The van der Waals surface area contributed by atoms with E-state index in [9.17, 15) is 9.59 Å². The third-order valence-electron chi connectivity index (χ3n) is 5.44. The third-order valence-corrected chi connectivity index (χ3v) is 5.44. The van der Waals surface area contributed by atoms with E-state index in [0.29, 0.717) is 34.2 Å². The number of benzene rings is 3. The van der Waals surface area contributed by atoms with Crippen LogP contribution in [0, 0.1) is 0 Å². The van der Waals surface area contributed by atoms with Crippen LogP contribution in [-0.2, 0) is 9.59 Å². The molecule has 2 amide bonds. The number of ether oxygens (including phenoxy) is 4. The molecule has 0 radical (unpaired) electrons. The van der Waals surface area contributed by atoms with Crippen LogP contribution in [0.25, 0.3) is 5.57 Å². The molecule has 4 rings (SSSR count). The van der Waals surface area contributed by atoms with Gasteiger partial charge in [0.15, 0.2) is 0 Å². The zero-order chi connectivity index (χ0) is 24.2. The molecular weight excluding hydrogens is 436 g/mol. The molecule has 0 aromatic heterocycles. The molecule has 0 spiro atoms. The Labute approximate surface area is 197 Å². The van der Waals surface area contributed by atoms with Crippen LogP contribution in [0.1, 0.15) is 5.56 Å². The second-order valence-electron chi connectivity index (χ2n) is 7.29. The summed E-state index contributed by atoms with van der Waals surface area (Å²) in [6, 6.07) is 19.1. The lowest BCUT2D eigenvalue weighted by Crippen LogP contribution is -2.32. The predicted octanol–water partition coefficient (Wildman–Crippen LogP) is 4.12. The molecule has 0 bridgehead atoms. The zero-order valence-corrected chi connectivity index (χ0v) is 19.2. The van der Waals surface area contributed by atoms with Gasteiger partial charge < -0.3 is 24.3 Å². The summed E-state index contributed by atoms with van der Waals surface area (Å²) in [7, 11) is 6.05. The topological polar surface area (TPSA) is 86.3 Å². The molecular formula is C26H24N2O6. The maximum absolute atomic E-state index is 13.7. The van der Waals surface area contributed by atoms with Gasteiger partial charge in [-0.15, -0.1) is 0 Å². The third kappa shape index (κ3) is 4.01. The van der Waals surface area contributed by atoms with Gasteiger partial charge in [0.25, 0.3) is 11.8 Å². The average molecular weight is 460 g/mol. The molecule has 3 aromatic carbocycles. The van der Waals surface area contributed by atoms with Gasteiger partial charge in [-0.3, -0.25) is 9.59 Å². The number of nitrogens with zero attached hydrogens (tertiary/aromatic N) is 1. The molecule has 0 aliphatic carbocycles. The minimum atomic E-state index is -0.534. The molecule has 0 unspecified atom stereocenters. The molecule has 1 heterocycles. The van der Waals surface area contributed by atoms with Gasteiger partial charge >= 0.3 is 0 Å². The summed E-state index contributed by atoms with van der Waals surface area (Å²) < 4.78 is 21.5. The summed E-state index contributed by atoms with van der Waals surface area (Å²) in [4.78, 5) is 28.5. The Balaban J connectivity index is 1.85. The number of methoxy groups -OCH3 is 4. The quantitative estimate of drug-likeness (QED) is 0.506. The number of carbonyl (C=O) groups excluding carboxylic acids is 2. The summed E-state index contributed by atoms with van der Waals surface area (Å²) >= 11 is 0. The standard InChI is InChI=1S/C26H24N2O6/c1-31-17-11-13-21(33-3)20(14-17)28-25(29)23(16-8-6-5-7-9-16)24(26(28)30)27-19-12-10-18(32-2)15-22(19)34-4/h5-15,27H,1-4H3. The van der Waals surface area contributed by atoms with Crippen molar-refractivity contribution >= 4 is 28.8 Å². The van der Waals surface area contributed by atoms with Gasteiger partial charge in [0, 0.05) is 12.1 Å². The van der Waals surface area contributed by atoms with E-state index in [-0.39, 0.29) is 17.0 Å². The lowest BCUT2D eigenvalue weighted by atomic mass is 10.0. The van der Waals surface area contributed by atoms with Gasteiger partial charge in [-0.1, -0.05) is 30.3 Å². The van der Waals surface area contributed by atoms with Gasteiger partial charge in [0.2, 0.25) is 0 Å². The van der Waals surface area contributed by atoms with Crippen LogP contribution >= 0.6 is 0 Å². The minimum Gasteiger partial charge on any atom is -0.497 e. The molecule has 1 N–H and O–H groups in total. The van der Waals surface area contributed by atoms with Crippen molar-refractivity contribution in [1.29, 1.82) is 0 Å². The first kappa shape index (κ1) is 22.7. The monoisotopic (exact) mass is 460 g/mol. The highest BCUT2D eigenvalue weighted by atomic mass is 16.5. The van der Waals surface area contributed by atoms with E-state index >= 15 is 0 Å². The Morgan fingerprint density at radius 3 is 1.97 bits per heavy atom. The van der Waals surface area contributed by atoms with E-state index in [2.05, 4.69) is 5.32 Å². The molecule has 0 atom stereocenters. The van der Waals surface area contributed by atoms with Crippen molar-refractivity contribution in [1.82, 2.24) is 0 Å². The number of nitrogens with one attached hydrogen (secondary N) is 1. The fourth-order valence-electron chi connectivity index (χ4n) is 3.75. The SMILES string of the molecule is COc1ccc(NC2=C(c3ccccc3)C(=O)N(c3cc(OC)ccc3OC)C2=O)c(OC)c1. The number of amides is 2. The van der Waals surface area contributed by atoms with Gasteiger partial charge in [-0.2, -0.15) is 0 Å². The lowest BCUT2D eigenvalue weighted by molar-refractivity contribution is -0.120. The van der Waals surface area contributed by atoms with Crippen LogP contribution in [-0.4, -0.2) is 40.3 Å². The average Bonchev–Trinajstić information content (AvgIpc) is 3.12. The number of hydrogen-bond donors (Lipinski definition) is 1. The smallest absolute Gasteiger partial charge is 0.282 e. The number of imide groups is 1. The van der Waals surface area contributed by atoms with Crippen molar-refractivity contribution in [3.63, 3.8) is 0 Å². The number of rotatable bonds is 8. The van der Waals surface area contributed by atoms with E-state index in [0.717, 1.165) is 4.90 Å². The summed E-state index contributed by atoms with van der Waals surface area (Å²) in [5.74, 6) is 0.869. The summed E-state index contributed by atoms with van der Waals surface area (Å²) in [5, 5.41) is 3.12. The maximum atomic E-state index is 13.7. The molecule has 34 heavy (non-hydrogen) atoms. The Kier molecular flexibility index (Phi) is 6.40. The summed E-state index contributed by atoms with van der Waals surface area (Å²) in [6.45, 7) is 0. The van der Waals surface area contributed by atoms with Crippen molar-refractivity contribution in [3.8, 4) is 23.0 Å². The molecule has 0 saturated carbocycles. The Hall–Kier alpha value is -4.46. The van der Waals surface area contributed by atoms with E-state index in [1.165, 1.54) is 21.3 Å². The number of carbonyl (C=O) groups is 2. The molecule has 8 heteroatoms. The summed E-state index contributed by atoms with van der Waals surface area (Å²) in [6.07, 6.45) is 0. The molecule has 1 aliphatic heterocycles. The van der Waals surface area contributed by atoms with Crippen LogP contribution in [0.4, 0.5) is 11.4 Å². The fraction of sp³-hybridized carbons (Fsp3) is 0.154. The van der Waals surface area contributed by atoms with Gasteiger partial charge in [0.05, 0.1) is 45.4 Å². The highest BCUT2D eigenvalue weighted by Crippen LogP contribution is 2.40. The van der Waals surface area contributed by atoms with E-state index in [1.54, 1.807) is 67.8 Å². The molecule has 0 fully saturated rings. The van der Waals surface area contributed by atoms with Crippen molar-refractivity contribution in [2.75, 3.05) is 38.7 Å². The van der Waals surface area contributed by atoms with Crippen molar-refractivity contribution < 1.29 is 28.5 Å². The Morgan fingerprint density at radius 1 is 0.676 bits per heavy atom. The van der Waals surface area contributed by atoms with Crippen LogP contribution in [0.15, 0.2) is 72.4 Å². The van der Waals surface area contributed by atoms with Crippen LogP contribution in [0.3, 0.4) is 0 Å². The van der Waals surface area contributed by atoms with Crippen molar-refractivity contribution in [2.24, 2.45) is 0 Å². The first-order chi connectivity index (χ1) is 16.5. The van der Waals surface area contributed by atoms with Crippen LogP contribution in [0.2, 0.25) is 0 Å². The van der Waals surface area contributed by atoms with E-state index in [4.69, 9.17) is 18.9 Å². The second-order valence-corrected chi connectivity index (χ2v) is 7.29. The summed E-state index contributed by atoms with van der Waals surface area (Å²) in [5.41, 5.74) is 1.73. The second kappa shape index (κ2) is 9.58. The zero-order valence-electron chi connectivity index (χ0n) is 19.2. The molecule has 0 saturated heterocycles. The highest BCUT2D eigenvalue weighted by Gasteiger charge is 2.41. The first-order valence-corrected chi connectivity index (χ1v) is 10.4. The number of anilines is 2. The largest absolute Gasteiger partial charge is 0.497 e. The van der Waals surface area contributed by atoms with E-state index in [1.807, 2.05) is 6.07 Å². The van der Waals surface area contributed by atoms with Gasteiger partial charge in [-0.05, 0) is 29.8 Å². The normalized spacial score (nSPS) is 13.2. The van der Waals surface area contributed by atoms with Crippen molar-refractivity contribution in [3.05, 3.63) is 78.0 Å².